The zero-order chi connectivity index (χ0) is 26.3. The number of hydrogen-bond acceptors (Lipinski definition) is 5. The van der Waals surface area contributed by atoms with Crippen LogP contribution >= 0.6 is 11.6 Å². The van der Waals surface area contributed by atoms with Gasteiger partial charge in [-0.25, -0.2) is 4.79 Å². The highest BCUT2D eigenvalue weighted by Crippen LogP contribution is 2.31. The van der Waals surface area contributed by atoms with Gasteiger partial charge in [0.2, 0.25) is 5.91 Å². The number of ether oxygens (including phenoxy) is 1. The molecule has 0 spiro atoms. The van der Waals surface area contributed by atoms with Gasteiger partial charge in [0.1, 0.15) is 18.2 Å². The molecule has 3 amide bonds. The number of aliphatic hydroxyl groups excluding tert-OH is 1. The molecule has 9 heteroatoms. The van der Waals surface area contributed by atoms with Crippen molar-refractivity contribution in [2.45, 2.75) is 53.2 Å². The minimum atomic E-state index is -1.08. The van der Waals surface area contributed by atoms with Crippen molar-refractivity contribution in [2.75, 3.05) is 25.0 Å². The molecule has 35 heavy (non-hydrogen) atoms. The van der Waals surface area contributed by atoms with Crippen LogP contribution in [-0.2, 0) is 14.3 Å². The smallest absolute Gasteiger partial charge is 0.408 e. The van der Waals surface area contributed by atoms with E-state index in [1.54, 1.807) is 32.9 Å². The van der Waals surface area contributed by atoms with Gasteiger partial charge in [-0.15, -0.1) is 0 Å². The zero-order valence-corrected chi connectivity index (χ0v) is 21.8. The molecular weight excluding hydrogens is 470 g/mol. The number of nitrogens with one attached hydrogen (secondary N) is 2. The Balaban J connectivity index is 2.45. The number of benzene rings is 2. The van der Waals surface area contributed by atoms with Crippen molar-refractivity contribution in [3.63, 3.8) is 0 Å². The average molecular weight is 504 g/mol. The molecule has 0 aliphatic rings. The molecule has 0 aliphatic heterocycles. The molecule has 8 nitrogen and oxygen atoms in total. The van der Waals surface area contributed by atoms with Crippen LogP contribution in [0.2, 0.25) is 5.02 Å². The van der Waals surface area contributed by atoms with Crippen LogP contribution in [0.15, 0.2) is 36.4 Å². The first kappa shape index (κ1) is 28.1. The fourth-order valence-corrected chi connectivity index (χ4v) is 4.01. The normalized spacial score (nSPS) is 12.0. The van der Waals surface area contributed by atoms with Gasteiger partial charge in [-0.1, -0.05) is 41.9 Å². The van der Waals surface area contributed by atoms with E-state index in [-0.39, 0.29) is 13.2 Å². The molecule has 2 aromatic rings. The van der Waals surface area contributed by atoms with Crippen LogP contribution < -0.4 is 10.6 Å². The van der Waals surface area contributed by atoms with E-state index in [9.17, 15) is 19.5 Å². The van der Waals surface area contributed by atoms with E-state index in [2.05, 4.69) is 10.6 Å². The molecular formula is C26H34ClN3O5. The van der Waals surface area contributed by atoms with E-state index in [4.69, 9.17) is 16.3 Å². The fourth-order valence-electron chi connectivity index (χ4n) is 3.74. The predicted molar refractivity (Wildman–Crippen MR) is 137 cm³/mol. The van der Waals surface area contributed by atoms with Gasteiger partial charge >= 0.3 is 6.09 Å². The molecule has 0 aliphatic carbocycles. The number of carbonyl (C=O) groups is 3. The van der Waals surface area contributed by atoms with Gasteiger partial charge in [0, 0.05) is 6.54 Å². The molecule has 0 heterocycles. The second-order valence-electron chi connectivity index (χ2n) is 9.30. The lowest BCUT2D eigenvalue weighted by molar-refractivity contribution is -0.138. The Morgan fingerprint density at radius 3 is 2.14 bits per heavy atom. The third-order valence-electron chi connectivity index (χ3n) is 5.29. The van der Waals surface area contributed by atoms with Gasteiger partial charge in [-0.3, -0.25) is 9.59 Å². The van der Waals surface area contributed by atoms with Crippen LogP contribution in [0.5, 0.6) is 0 Å². The van der Waals surface area contributed by atoms with E-state index in [1.807, 2.05) is 45.0 Å². The van der Waals surface area contributed by atoms with Gasteiger partial charge in [0.05, 0.1) is 17.3 Å². The summed E-state index contributed by atoms with van der Waals surface area (Å²) in [5.41, 5.74) is 2.71. The second kappa shape index (κ2) is 12.0. The van der Waals surface area contributed by atoms with Crippen LogP contribution in [0, 0.1) is 20.8 Å². The van der Waals surface area contributed by atoms with E-state index < -0.39 is 36.1 Å². The van der Waals surface area contributed by atoms with Gasteiger partial charge in [0.25, 0.3) is 5.91 Å². The number of amides is 3. The van der Waals surface area contributed by atoms with Gasteiger partial charge in [-0.05, 0) is 69.9 Å². The first-order valence-electron chi connectivity index (χ1n) is 11.3. The van der Waals surface area contributed by atoms with E-state index in [0.717, 1.165) is 16.7 Å². The summed E-state index contributed by atoms with van der Waals surface area (Å²) in [6.07, 6.45) is -0.755. The minimum Gasteiger partial charge on any atom is -0.444 e. The number of para-hydroxylation sites is 1. The summed E-state index contributed by atoms with van der Waals surface area (Å²) in [6.45, 7) is 9.75. The third-order valence-corrected chi connectivity index (χ3v) is 5.60. The monoisotopic (exact) mass is 503 g/mol. The van der Waals surface area contributed by atoms with Gasteiger partial charge in [-0.2, -0.15) is 0 Å². The average Bonchev–Trinajstić information content (AvgIpc) is 2.75. The Morgan fingerprint density at radius 2 is 1.60 bits per heavy atom. The number of aliphatic hydroxyl groups is 1. The van der Waals surface area contributed by atoms with Crippen LogP contribution in [-0.4, -0.2) is 53.2 Å². The van der Waals surface area contributed by atoms with Crippen molar-refractivity contribution in [1.29, 1.82) is 0 Å². The topological polar surface area (TPSA) is 108 Å². The number of rotatable bonds is 8. The number of hydrogen-bond donors (Lipinski definition) is 3. The van der Waals surface area contributed by atoms with E-state index >= 15 is 0 Å². The van der Waals surface area contributed by atoms with E-state index in [1.165, 1.54) is 4.90 Å². The van der Waals surface area contributed by atoms with Crippen molar-refractivity contribution < 1.29 is 24.2 Å². The lowest BCUT2D eigenvalue weighted by Crippen LogP contribution is -2.48. The Morgan fingerprint density at radius 1 is 1.03 bits per heavy atom. The van der Waals surface area contributed by atoms with Crippen molar-refractivity contribution in [3.8, 4) is 0 Å². The summed E-state index contributed by atoms with van der Waals surface area (Å²) in [5.74, 6) is -1.04. The quantitative estimate of drug-likeness (QED) is 0.498. The summed E-state index contributed by atoms with van der Waals surface area (Å²) >= 11 is 6.33. The standard InChI is InChI=1S/C26H34ClN3O5/c1-16-9-7-10-17(2)21(16)23(24(33)29-22-18(3)11-8-12-19(22)27)30(13-14-31)20(32)15-28-25(34)35-26(4,5)6/h7-12,23,31H,13-15H2,1-6H3,(H,28,34)(H,29,33). The Bertz CT molecular complexity index is 1040. The second-order valence-corrected chi connectivity index (χ2v) is 9.70. The Labute approximate surface area is 211 Å². The summed E-state index contributed by atoms with van der Waals surface area (Å²) in [5, 5.41) is 15.4. The van der Waals surface area contributed by atoms with Crippen LogP contribution in [0.4, 0.5) is 10.5 Å². The predicted octanol–water partition coefficient (Wildman–Crippen LogP) is 4.29. The fraction of sp³-hybridized carbons (Fsp3) is 0.423. The Kier molecular flexibility index (Phi) is 9.68. The number of halogens is 1. The SMILES string of the molecule is Cc1cccc(Cl)c1NC(=O)C(c1c(C)cccc1C)N(CCO)C(=O)CNC(=O)OC(C)(C)C. The van der Waals surface area contributed by atoms with Crippen molar-refractivity contribution in [2.24, 2.45) is 0 Å². The summed E-state index contributed by atoms with van der Waals surface area (Å²) in [4.78, 5) is 40.3. The largest absolute Gasteiger partial charge is 0.444 e. The molecule has 0 bridgehead atoms. The molecule has 0 fully saturated rings. The first-order valence-corrected chi connectivity index (χ1v) is 11.7. The number of aryl methyl sites for hydroxylation is 3. The van der Waals surface area contributed by atoms with Crippen molar-refractivity contribution >= 4 is 35.2 Å². The van der Waals surface area contributed by atoms with Crippen LogP contribution in [0.25, 0.3) is 0 Å². The lowest BCUT2D eigenvalue weighted by Gasteiger charge is -2.33. The molecule has 190 valence electrons. The summed E-state index contributed by atoms with van der Waals surface area (Å²) in [6, 6.07) is 9.75. The molecule has 0 saturated heterocycles. The number of carbonyl (C=O) groups excluding carboxylic acids is 3. The molecule has 3 N–H and O–H groups in total. The summed E-state index contributed by atoms with van der Waals surface area (Å²) in [7, 11) is 0. The molecule has 1 unspecified atom stereocenters. The molecule has 2 rings (SSSR count). The molecule has 0 saturated carbocycles. The number of alkyl carbamates (subject to hydrolysis) is 1. The highest BCUT2D eigenvalue weighted by atomic mass is 35.5. The van der Waals surface area contributed by atoms with Gasteiger partial charge < -0.3 is 25.4 Å². The Hall–Kier alpha value is -3.10. The third kappa shape index (κ3) is 7.70. The molecule has 0 aromatic heterocycles. The zero-order valence-electron chi connectivity index (χ0n) is 21.1. The maximum Gasteiger partial charge on any atom is 0.408 e. The van der Waals surface area contributed by atoms with Crippen molar-refractivity contribution in [1.82, 2.24) is 10.2 Å². The van der Waals surface area contributed by atoms with E-state index in [0.29, 0.717) is 16.3 Å². The maximum atomic E-state index is 13.7. The molecule has 2 aromatic carbocycles. The first-order chi connectivity index (χ1) is 16.4. The van der Waals surface area contributed by atoms with Crippen LogP contribution in [0.1, 0.15) is 49.1 Å². The minimum absolute atomic E-state index is 0.123. The van der Waals surface area contributed by atoms with Crippen LogP contribution in [0.3, 0.4) is 0 Å². The van der Waals surface area contributed by atoms with Gasteiger partial charge in [0.15, 0.2) is 0 Å². The number of nitrogens with zero attached hydrogens (tertiary/aromatic N) is 1. The maximum absolute atomic E-state index is 13.7. The highest BCUT2D eigenvalue weighted by molar-refractivity contribution is 6.34. The molecule has 0 radical (unpaired) electrons. The number of anilines is 1. The molecule has 1 atom stereocenters. The highest BCUT2D eigenvalue weighted by Gasteiger charge is 2.34. The van der Waals surface area contributed by atoms with Crippen molar-refractivity contribution in [3.05, 3.63) is 63.7 Å². The summed E-state index contributed by atoms with van der Waals surface area (Å²) < 4.78 is 5.20. The lowest BCUT2D eigenvalue weighted by atomic mass is 9.94.